The van der Waals surface area contributed by atoms with Gasteiger partial charge >= 0.3 is 97.3 Å². The van der Waals surface area contributed by atoms with Gasteiger partial charge in [0.15, 0.2) is 0 Å². The molecule has 0 fully saturated rings. The predicted molar refractivity (Wildman–Crippen MR) is 58.7 cm³/mol. The second-order valence-electron chi connectivity index (χ2n) is 4.96. The molecule has 77 valence electrons. The van der Waals surface area contributed by atoms with E-state index in [0.717, 1.165) is 0 Å². The maximum atomic E-state index is 5.86. The number of rotatable bonds is 5. The third-order valence-electron chi connectivity index (χ3n) is 2.87. The van der Waals surface area contributed by atoms with Crippen molar-refractivity contribution in [2.24, 2.45) is 17.8 Å². The molecule has 0 aromatic carbocycles. The van der Waals surface area contributed by atoms with E-state index in [2.05, 4.69) is 41.5 Å². The van der Waals surface area contributed by atoms with Crippen LogP contribution in [0.25, 0.3) is 0 Å². The fraction of sp³-hybridized carbons (Fsp3) is 1.00. The van der Waals surface area contributed by atoms with Gasteiger partial charge in [0, 0.05) is 0 Å². The first-order valence-electron chi connectivity index (χ1n) is 5.21. The van der Waals surface area contributed by atoms with Crippen LogP contribution in [0.3, 0.4) is 0 Å². The zero-order valence-electron chi connectivity index (χ0n) is 9.85. The Morgan fingerprint density at radius 1 is 1.00 bits per heavy atom. The van der Waals surface area contributed by atoms with Gasteiger partial charge in [-0.1, -0.05) is 0 Å². The van der Waals surface area contributed by atoms with Crippen LogP contribution in [-0.2, 0) is 3.07 Å². The van der Waals surface area contributed by atoms with E-state index in [-0.39, 0.29) is 5.60 Å². The Balaban J connectivity index is 4.65. The SMILES string of the molecule is CC(C)CC([O][Sn])(C(C)C)C(C)C. The van der Waals surface area contributed by atoms with Gasteiger partial charge in [-0.2, -0.15) is 0 Å². The standard InChI is InChI=1S/C11H23O.Sn/c1-8(2)7-11(12,9(3)4)10(5)6;/h8-10H,7H2,1-6H3;/q-1;+1. The van der Waals surface area contributed by atoms with Crippen molar-refractivity contribution in [3.05, 3.63) is 0 Å². The van der Waals surface area contributed by atoms with Crippen molar-refractivity contribution in [2.75, 3.05) is 0 Å². The van der Waals surface area contributed by atoms with Crippen LogP contribution in [0, 0.1) is 17.8 Å². The number of hydrogen-bond acceptors (Lipinski definition) is 1. The van der Waals surface area contributed by atoms with Crippen LogP contribution in [0.5, 0.6) is 0 Å². The molecule has 0 atom stereocenters. The zero-order valence-corrected chi connectivity index (χ0v) is 12.7. The average molecular weight is 290 g/mol. The molecule has 0 amide bonds. The molecule has 0 aliphatic rings. The molecular formula is C11H23OSn. The summed E-state index contributed by atoms with van der Waals surface area (Å²) in [6, 6.07) is 0. The first-order valence-corrected chi connectivity index (χ1v) is 6.38. The summed E-state index contributed by atoms with van der Waals surface area (Å²) in [5.74, 6) is 1.92. The summed E-state index contributed by atoms with van der Waals surface area (Å²) in [5, 5.41) is 0. The molecule has 0 rings (SSSR count). The van der Waals surface area contributed by atoms with E-state index < -0.39 is 0 Å². The molecule has 0 bridgehead atoms. The van der Waals surface area contributed by atoms with Gasteiger partial charge in [0.1, 0.15) is 0 Å². The third kappa shape index (κ3) is 3.43. The fourth-order valence-electron chi connectivity index (χ4n) is 2.05. The van der Waals surface area contributed by atoms with Crippen LogP contribution in [-0.4, -0.2) is 28.5 Å². The Labute approximate surface area is 97.3 Å². The summed E-state index contributed by atoms with van der Waals surface area (Å²) < 4.78 is 5.86. The van der Waals surface area contributed by atoms with Gasteiger partial charge in [0.05, 0.1) is 0 Å². The second kappa shape index (κ2) is 5.59. The summed E-state index contributed by atoms with van der Waals surface area (Å²) in [6.07, 6.45) is 1.17. The summed E-state index contributed by atoms with van der Waals surface area (Å²) in [7, 11) is 0. The molecule has 0 aromatic heterocycles. The van der Waals surface area contributed by atoms with E-state index in [0.29, 0.717) is 17.8 Å². The molecule has 0 saturated carbocycles. The van der Waals surface area contributed by atoms with Gasteiger partial charge in [-0.3, -0.25) is 0 Å². The molecule has 0 unspecified atom stereocenters. The Morgan fingerprint density at radius 3 is 1.46 bits per heavy atom. The Kier molecular flexibility index (Phi) is 5.92. The van der Waals surface area contributed by atoms with Crippen LogP contribution in [0.15, 0.2) is 0 Å². The van der Waals surface area contributed by atoms with Crippen molar-refractivity contribution in [3.8, 4) is 0 Å². The van der Waals surface area contributed by atoms with Crippen molar-refractivity contribution >= 4 is 22.9 Å². The van der Waals surface area contributed by atoms with Gasteiger partial charge in [-0.15, -0.1) is 0 Å². The molecule has 2 heteroatoms. The van der Waals surface area contributed by atoms with Crippen molar-refractivity contribution in [1.82, 2.24) is 0 Å². The van der Waals surface area contributed by atoms with E-state index in [1.807, 2.05) is 0 Å². The molecule has 0 spiro atoms. The van der Waals surface area contributed by atoms with E-state index in [4.69, 9.17) is 3.07 Å². The van der Waals surface area contributed by atoms with Crippen LogP contribution in [0.2, 0.25) is 0 Å². The molecule has 3 radical (unpaired) electrons. The molecule has 0 aromatic rings. The molecular weight excluding hydrogens is 267 g/mol. The van der Waals surface area contributed by atoms with E-state index in [9.17, 15) is 0 Å². The normalized spacial score (nSPS) is 13.4. The van der Waals surface area contributed by atoms with Crippen LogP contribution in [0.4, 0.5) is 0 Å². The van der Waals surface area contributed by atoms with Crippen molar-refractivity contribution < 1.29 is 3.07 Å². The summed E-state index contributed by atoms with van der Waals surface area (Å²) >= 11 is 1.20. The van der Waals surface area contributed by atoms with Gasteiger partial charge in [-0.05, 0) is 0 Å². The summed E-state index contributed by atoms with van der Waals surface area (Å²) in [6.45, 7) is 13.6. The fourth-order valence-corrected chi connectivity index (χ4v) is 3.64. The molecule has 0 heterocycles. The number of hydrogen-bond donors (Lipinski definition) is 0. The van der Waals surface area contributed by atoms with E-state index in [1.54, 1.807) is 0 Å². The molecule has 0 aliphatic carbocycles. The quantitative estimate of drug-likeness (QED) is 0.707. The van der Waals surface area contributed by atoms with Crippen LogP contribution in [0.1, 0.15) is 48.0 Å². The topological polar surface area (TPSA) is 9.23 Å². The molecule has 1 nitrogen and oxygen atoms in total. The van der Waals surface area contributed by atoms with E-state index >= 15 is 0 Å². The van der Waals surface area contributed by atoms with E-state index in [1.165, 1.54) is 29.4 Å². The van der Waals surface area contributed by atoms with Crippen molar-refractivity contribution in [1.29, 1.82) is 0 Å². The Morgan fingerprint density at radius 2 is 1.38 bits per heavy atom. The van der Waals surface area contributed by atoms with Crippen molar-refractivity contribution in [3.63, 3.8) is 0 Å². The minimum absolute atomic E-state index is 0.104. The molecule has 0 aliphatic heterocycles. The summed E-state index contributed by atoms with van der Waals surface area (Å²) in [5.41, 5.74) is 0.104. The van der Waals surface area contributed by atoms with Gasteiger partial charge in [-0.25, -0.2) is 0 Å². The monoisotopic (exact) mass is 291 g/mol. The average Bonchev–Trinajstić information content (AvgIpc) is 1.98. The first-order chi connectivity index (χ1) is 5.86. The predicted octanol–water partition coefficient (Wildman–Crippen LogP) is 3.18. The Bertz CT molecular complexity index is 133. The van der Waals surface area contributed by atoms with Gasteiger partial charge in [0.2, 0.25) is 0 Å². The van der Waals surface area contributed by atoms with Crippen LogP contribution >= 0.6 is 0 Å². The zero-order chi connectivity index (χ0) is 10.6. The first kappa shape index (κ1) is 13.8. The second-order valence-corrected chi connectivity index (χ2v) is 5.55. The minimum atomic E-state index is 0.104. The maximum absolute atomic E-state index is 5.86. The van der Waals surface area contributed by atoms with Crippen molar-refractivity contribution in [2.45, 2.75) is 53.6 Å². The van der Waals surface area contributed by atoms with Gasteiger partial charge < -0.3 is 0 Å². The molecule has 0 N–H and O–H groups in total. The summed E-state index contributed by atoms with van der Waals surface area (Å²) in [4.78, 5) is 0. The Hall–Kier alpha value is 0.759. The molecule has 13 heavy (non-hydrogen) atoms. The van der Waals surface area contributed by atoms with Gasteiger partial charge in [0.25, 0.3) is 0 Å². The van der Waals surface area contributed by atoms with Crippen LogP contribution < -0.4 is 0 Å². The molecule has 0 saturated heterocycles. The third-order valence-corrected chi connectivity index (χ3v) is 3.96.